The van der Waals surface area contributed by atoms with Crippen molar-refractivity contribution < 1.29 is 36.4 Å². The Bertz CT molecular complexity index is 839. The van der Waals surface area contributed by atoms with Crippen molar-refractivity contribution in [3.63, 3.8) is 0 Å². The molecule has 4 rings (SSSR count). The summed E-state index contributed by atoms with van der Waals surface area (Å²) >= 11 is 0. The van der Waals surface area contributed by atoms with Gasteiger partial charge >= 0.3 is 23.0 Å². The van der Waals surface area contributed by atoms with E-state index in [-0.39, 0.29) is 42.5 Å². The number of ether oxygens (including phenoxy) is 2. The third-order valence-electron chi connectivity index (χ3n) is 4.71. The van der Waals surface area contributed by atoms with E-state index in [4.69, 9.17) is 9.47 Å². The van der Waals surface area contributed by atoms with Gasteiger partial charge in [-0.25, -0.2) is 4.79 Å². The molecule has 1 aromatic heterocycles. The molecule has 10 radical (unpaired) electrons. The fraction of sp³-hybridized carbons (Fsp3) is 0.231. The van der Waals surface area contributed by atoms with Gasteiger partial charge in [0.2, 0.25) is 0 Å². The second-order valence-electron chi connectivity index (χ2n) is 7.11. The predicted molar refractivity (Wildman–Crippen MR) is 124 cm³/mol. The summed E-state index contributed by atoms with van der Waals surface area (Å²) in [5, 5.41) is 21.2. The molecule has 2 saturated carbocycles. The molecule has 0 spiro atoms. The Labute approximate surface area is 214 Å². The molecule has 1 aromatic carbocycles. The molecule has 0 aliphatic heterocycles. The van der Waals surface area contributed by atoms with Crippen LogP contribution in [0.3, 0.4) is 0 Å². The Balaban J connectivity index is 0.000000603. The zero-order chi connectivity index (χ0) is 23.5. The molecule has 1 heterocycles. The maximum Gasteiger partial charge on any atom is 2.00 e. The number of hydrogen-bond acceptors (Lipinski definition) is 5. The quantitative estimate of drug-likeness (QED) is 0.389. The molecule has 2 aliphatic carbocycles. The van der Waals surface area contributed by atoms with Crippen molar-refractivity contribution in [2.45, 2.75) is 19.6 Å². The number of hydrogen-bond donors (Lipinski definition) is 0. The summed E-state index contributed by atoms with van der Waals surface area (Å²) in [6, 6.07) is 8.81. The Morgan fingerprint density at radius 3 is 2.24 bits per heavy atom. The summed E-state index contributed by atoms with van der Waals surface area (Å²) in [5.41, 5.74) is 1.60. The monoisotopic (exact) mass is 501 g/mol. The zero-order valence-electron chi connectivity index (χ0n) is 19.1. The van der Waals surface area contributed by atoms with E-state index in [9.17, 15) is 9.90 Å². The van der Waals surface area contributed by atoms with Crippen molar-refractivity contribution in [1.29, 1.82) is 0 Å². The molecule has 34 heavy (non-hydrogen) atoms. The van der Waals surface area contributed by atoms with Crippen LogP contribution in [0.2, 0.25) is 0 Å². The average Bonchev–Trinajstić information content (AvgIpc) is 3.61. The van der Waals surface area contributed by atoms with Crippen LogP contribution in [0.1, 0.15) is 23.1 Å². The standard InChI is InChI=1S/C21H22N3O4.C5H5.Fe/c1-3-28-21(26)20-12-19(15-6-4-5-7-15)23-24(20)14-17(25)13-22-16-8-10-18(27-2)11-9-16;1-2-4-5-3-1;/h4-12,17H,3,13-14H2,1-2H3;1-5H;/q-2;;+2/t17-;;/m0../s1. The Kier molecular flexibility index (Phi) is 12.5. The van der Waals surface area contributed by atoms with Crippen LogP contribution < -0.4 is 9.84 Å². The van der Waals surface area contributed by atoms with E-state index in [0.29, 0.717) is 11.4 Å². The molecule has 0 saturated heterocycles. The van der Waals surface area contributed by atoms with Crippen molar-refractivity contribution in [1.82, 2.24) is 9.78 Å². The molecule has 0 unspecified atom stereocenters. The fourth-order valence-electron chi connectivity index (χ4n) is 3.08. The minimum atomic E-state index is -1.05. The van der Waals surface area contributed by atoms with Gasteiger partial charge in [0.05, 0.1) is 19.4 Å². The number of esters is 1. The molecule has 2 fully saturated rings. The summed E-state index contributed by atoms with van der Waals surface area (Å²) in [5.74, 6) is 1.12. The van der Waals surface area contributed by atoms with Crippen LogP contribution in [-0.4, -0.2) is 42.1 Å². The van der Waals surface area contributed by atoms with E-state index in [1.165, 1.54) is 4.68 Å². The molecule has 1 atom stereocenters. The first-order chi connectivity index (χ1) is 16.1. The molecule has 178 valence electrons. The van der Waals surface area contributed by atoms with Crippen LogP contribution in [0.4, 0.5) is 5.69 Å². The van der Waals surface area contributed by atoms with E-state index in [1.807, 2.05) is 57.8 Å². The number of methoxy groups -OCH3 is 1. The van der Waals surface area contributed by atoms with E-state index in [1.54, 1.807) is 44.4 Å². The van der Waals surface area contributed by atoms with Gasteiger partial charge in [0.15, 0.2) is 0 Å². The predicted octanol–water partition coefficient (Wildman–Crippen LogP) is 3.28. The number of benzene rings is 1. The molecule has 0 N–H and O–H groups in total. The smallest absolute Gasteiger partial charge is 0.852 e. The number of aromatic nitrogens is 2. The first kappa shape index (κ1) is 28.2. The minimum absolute atomic E-state index is 0. The molecule has 0 bridgehead atoms. The van der Waals surface area contributed by atoms with Crippen LogP contribution in [0.5, 0.6) is 5.75 Å². The molecule has 2 aromatic rings. The van der Waals surface area contributed by atoms with E-state index >= 15 is 0 Å². The van der Waals surface area contributed by atoms with Crippen molar-refractivity contribution in [3.05, 3.63) is 111 Å². The van der Waals surface area contributed by atoms with Crippen molar-refractivity contribution in [2.75, 3.05) is 20.3 Å². The molecular formula is C26H27FeN3O4. The molecule has 0 amide bonds. The number of nitrogens with zero attached hydrogens (tertiary/aromatic N) is 3. The summed E-state index contributed by atoms with van der Waals surface area (Å²) in [7, 11) is 1.59. The van der Waals surface area contributed by atoms with E-state index in [2.05, 4.69) is 10.4 Å². The normalized spacial score (nSPS) is 16.2. The van der Waals surface area contributed by atoms with Gasteiger partial charge in [0.25, 0.3) is 0 Å². The van der Waals surface area contributed by atoms with Crippen LogP contribution >= 0.6 is 0 Å². The maximum atomic E-state index is 12.5. The molecule has 7 nitrogen and oxygen atoms in total. The van der Waals surface area contributed by atoms with Gasteiger partial charge < -0.3 is 19.9 Å². The first-order valence-electron chi connectivity index (χ1n) is 10.7. The molecular weight excluding hydrogens is 474 g/mol. The summed E-state index contributed by atoms with van der Waals surface area (Å²) in [4.78, 5) is 12.2. The number of carbonyl (C=O) groups is 1. The Hall–Kier alpha value is -2.02. The van der Waals surface area contributed by atoms with Crippen molar-refractivity contribution >= 4 is 11.7 Å². The topological polar surface area (TPSA) is 90.5 Å². The second-order valence-corrected chi connectivity index (χ2v) is 7.11. The van der Waals surface area contributed by atoms with Crippen molar-refractivity contribution in [2.24, 2.45) is 0 Å². The van der Waals surface area contributed by atoms with Crippen LogP contribution in [0, 0.1) is 63.7 Å². The van der Waals surface area contributed by atoms with Gasteiger partial charge in [-0.2, -0.15) is 5.10 Å². The number of rotatable bonds is 9. The van der Waals surface area contributed by atoms with Gasteiger partial charge in [0.1, 0.15) is 11.4 Å². The second kappa shape index (κ2) is 15.1. The third kappa shape index (κ3) is 8.64. The van der Waals surface area contributed by atoms with E-state index < -0.39 is 12.1 Å². The average molecular weight is 501 g/mol. The third-order valence-corrected chi connectivity index (χ3v) is 4.71. The van der Waals surface area contributed by atoms with Gasteiger partial charge in [-0.3, -0.25) is 4.68 Å². The molecule has 8 heteroatoms. The number of carbonyl (C=O) groups excluding carboxylic acids is 1. The van der Waals surface area contributed by atoms with Gasteiger partial charge in [-0.15, -0.1) is 18.3 Å². The van der Waals surface area contributed by atoms with E-state index in [0.717, 1.165) is 11.7 Å². The van der Waals surface area contributed by atoms with Crippen LogP contribution in [0.15, 0.2) is 30.3 Å². The first-order valence-corrected chi connectivity index (χ1v) is 10.7. The maximum absolute atomic E-state index is 12.5. The van der Waals surface area contributed by atoms with Gasteiger partial charge in [0, 0.05) is 12.5 Å². The summed E-state index contributed by atoms with van der Waals surface area (Å²) in [6.45, 7) is 2.08. The van der Waals surface area contributed by atoms with Gasteiger partial charge in [-0.05, 0) is 82.9 Å². The Morgan fingerprint density at radius 1 is 1.06 bits per heavy atom. The van der Waals surface area contributed by atoms with Crippen LogP contribution in [-0.2, 0) is 28.4 Å². The zero-order valence-corrected chi connectivity index (χ0v) is 20.2. The Morgan fingerprint density at radius 2 is 1.68 bits per heavy atom. The largest absolute Gasteiger partial charge is 2.00 e. The van der Waals surface area contributed by atoms with Crippen LogP contribution in [0.25, 0.3) is 5.32 Å². The SMILES string of the molecule is CCOC(=O)c1cc([C]2[CH][CH][CH][CH]2)nn1C[C@@H]([O-])C[N-]c1ccc(OC)cc1.[CH]1[CH][CH][CH][CH]1.[Fe+2]. The fourth-order valence-corrected chi connectivity index (χ4v) is 3.08. The summed E-state index contributed by atoms with van der Waals surface area (Å²) in [6.07, 6.45) is 16.5. The summed E-state index contributed by atoms with van der Waals surface area (Å²) < 4.78 is 11.6. The van der Waals surface area contributed by atoms with Gasteiger partial charge in [-0.1, -0.05) is 12.1 Å². The molecule has 2 aliphatic rings. The minimum Gasteiger partial charge on any atom is -0.852 e. The van der Waals surface area contributed by atoms with Crippen molar-refractivity contribution in [3.8, 4) is 5.75 Å².